The molecule has 0 unspecified atom stereocenters. The highest BCUT2D eigenvalue weighted by Crippen LogP contribution is 2.29. The number of rotatable bonds is 3. The van der Waals surface area contributed by atoms with Crippen LogP contribution in [0.15, 0.2) is 61.1 Å². The Kier molecular flexibility index (Phi) is 4.09. The van der Waals surface area contributed by atoms with Crippen LogP contribution < -0.4 is 5.32 Å². The molecule has 2 aromatic heterocycles. The highest BCUT2D eigenvalue weighted by atomic mass is 16.1. The number of anilines is 1. The fourth-order valence-corrected chi connectivity index (χ4v) is 3.66. The van der Waals surface area contributed by atoms with Gasteiger partial charge in [-0.15, -0.1) is 0 Å². The van der Waals surface area contributed by atoms with Crippen LogP contribution in [0.25, 0.3) is 22.3 Å². The molecule has 2 aromatic carbocycles. The van der Waals surface area contributed by atoms with E-state index >= 15 is 0 Å². The summed E-state index contributed by atoms with van der Waals surface area (Å²) < 4.78 is 2.22. The summed E-state index contributed by atoms with van der Waals surface area (Å²) in [6, 6.07) is 13.1. The molecule has 4 aromatic rings. The monoisotopic (exact) mass is 369 g/mol. The summed E-state index contributed by atoms with van der Waals surface area (Å²) in [6.45, 7) is 1.01. The van der Waals surface area contributed by atoms with E-state index in [0.29, 0.717) is 11.1 Å². The van der Waals surface area contributed by atoms with Crippen LogP contribution in [0.2, 0.25) is 0 Å². The van der Waals surface area contributed by atoms with E-state index in [1.54, 1.807) is 24.5 Å². The van der Waals surface area contributed by atoms with Crippen LogP contribution in [0.5, 0.6) is 0 Å². The largest absolute Gasteiger partial charge is 0.334 e. The molecule has 0 spiro atoms. The Morgan fingerprint density at radius 3 is 2.75 bits per heavy atom. The summed E-state index contributed by atoms with van der Waals surface area (Å²) in [4.78, 5) is 26.2. The third-order valence-electron chi connectivity index (χ3n) is 5.09. The number of nitrogens with zero attached hydrogens (tertiary/aromatic N) is 4. The van der Waals surface area contributed by atoms with E-state index in [0.717, 1.165) is 41.3 Å². The van der Waals surface area contributed by atoms with Gasteiger partial charge in [0.1, 0.15) is 5.82 Å². The molecule has 6 heteroatoms. The number of para-hydroxylation sites is 1. The van der Waals surface area contributed by atoms with E-state index in [2.05, 4.69) is 26.0 Å². The molecule has 0 aliphatic carbocycles. The lowest BCUT2D eigenvalue weighted by Gasteiger charge is -2.11. The molecule has 0 bridgehead atoms. The van der Waals surface area contributed by atoms with E-state index in [9.17, 15) is 4.79 Å². The summed E-state index contributed by atoms with van der Waals surface area (Å²) in [5.41, 5.74) is 4.60. The van der Waals surface area contributed by atoms with Gasteiger partial charge in [-0.3, -0.25) is 14.8 Å². The predicted octanol–water partition coefficient (Wildman–Crippen LogP) is 4.08. The van der Waals surface area contributed by atoms with Crippen LogP contribution >= 0.6 is 0 Å². The van der Waals surface area contributed by atoms with Crippen LogP contribution in [0.4, 0.5) is 5.69 Å². The Morgan fingerprint density at radius 1 is 1.00 bits per heavy atom. The van der Waals surface area contributed by atoms with Crippen molar-refractivity contribution < 1.29 is 4.79 Å². The quantitative estimate of drug-likeness (QED) is 0.590. The number of carbonyl (C=O) groups excluding carboxylic acids is 1. The Balaban J connectivity index is 1.46. The van der Waals surface area contributed by atoms with Crippen molar-refractivity contribution in [2.24, 2.45) is 0 Å². The molecule has 3 heterocycles. The topological polar surface area (TPSA) is 72.7 Å². The first kappa shape index (κ1) is 16.6. The van der Waals surface area contributed by atoms with Gasteiger partial charge in [0, 0.05) is 42.7 Å². The number of nitrogens with one attached hydrogen (secondary N) is 1. The van der Waals surface area contributed by atoms with Crippen molar-refractivity contribution in [1.29, 1.82) is 0 Å². The van der Waals surface area contributed by atoms with Crippen molar-refractivity contribution in [3.05, 3.63) is 72.4 Å². The van der Waals surface area contributed by atoms with Gasteiger partial charge in [0.15, 0.2) is 0 Å². The predicted molar refractivity (Wildman–Crippen MR) is 108 cm³/mol. The van der Waals surface area contributed by atoms with Crippen LogP contribution in [0, 0.1) is 0 Å². The first-order valence-electron chi connectivity index (χ1n) is 9.45. The fourth-order valence-electron chi connectivity index (χ4n) is 3.66. The molecule has 28 heavy (non-hydrogen) atoms. The van der Waals surface area contributed by atoms with Crippen molar-refractivity contribution in [3.63, 3.8) is 0 Å². The number of hydrogen-bond donors (Lipinski definition) is 1. The van der Waals surface area contributed by atoms with Gasteiger partial charge >= 0.3 is 0 Å². The molecular formula is C22H19N5O. The molecule has 1 amide bonds. The molecule has 1 aliphatic heterocycles. The Hall–Kier alpha value is -3.54. The molecule has 0 saturated carbocycles. The average molecular weight is 369 g/mol. The molecule has 0 fully saturated rings. The zero-order valence-corrected chi connectivity index (χ0v) is 15.3. The number of hydrogen-bond acceptors (Lipinski definition) is 4. The van der Waals surface area contributed by atoms with Gasteiger partial charge in [-0.05, 0) is 37.1 Å². The minimum atomic E-state index is -0.177. The Labute approximate surface area is 162 Å². The maximum Gasteiger partial charge on any atom is 0.255 e. The van der Waals surface area contributed by atoms with Crippen LogP contribution in [0.3, 0.4) is 0 Å². The highest BCUT2D eigenvalue weighted by Gasteiger charge is 2.16. The first-order chi connectivity index (χ1) is 13.8. The molecule has 138 valence electrons. The number of fused-ring (bicyclic) bond motifs is 2. The highest BCUT2D eigenvalue weighted by molar-refractivity contribution is 6.07. The lowest BCUT2D eigenvalue weighted by Crippen LogP contribution is -2.12. The average Bonchev–Trinajstić information content (AvgIpc) is 3.18. The first-order valence-corrected chi connectivity index (χ1v) is 9.45. The van der Waals surface area contributed by atoms with Crippen molar-refractivity contribution in [2.45, 2.75) is 25.8 Å². The van der Waals surface area contributed by atoms with E-state index in [-0.39, 0.29) is 5.91 Å². The summed E-state index contributed by atoms with van der Waals surface area (Å²) in [5.74, 6) is 0.944. The number of benzene rings is 2. The van der Waals surface area contributed by atoms with E-state index < -0.39 is 0 Å². The minimum absolute atomic E-state index is 0.177. The molecule has 0 radical (unpaired) electrons. The summed E-state index contributed by atoms with van der Waals surface area (Å²) in [5, 5.41) is 3.03. The van der Waals surface area contributed by atoms with E-state index in [1.807, 2.05) is 30.3 Å². The van der Waals surface area contributed by atoms with E-state index in [4.69, 9.17) is 4.98 Å². The molecular weight excluding hydrogens is 350 g/mol. The van der Waals surface area contributed by atoms with E-state index in [1.165, 1.54) is 12.8 Å². The van der Waals surface area contributed by atoms with Gasteiger partial charge in [-0.25, -0.2) is 4.98 Å². The molecule has 0 saturated heterocycles. The molecule has 5 rings (SSSR count). The van der Waals surface area contributed by atoms with Gasteiger partial charge in [-0.2, -0.15) is 0 Å². The molecule has 1 aliphatic rings. The number of aromatic nitrogens is 4. The third kappa shape index (κ3) is 3.03. The maximum atomic E-state index is 12.9. The van der Waals surface area contributed by atoms with Gasteiger partial charge in [0.2, 0.25) is 0 Å². The minimum Gasteiger partial charge on any atom is -0.334 e. The molecule has 6 nitrogen and oxygen atoms in total. The van der Waals surface area contributed by atoms with Crippen molar-refractivity contribution in [2.75, 3.05) is 5.32 Å². The number of carbonyl (C=O) groups is 1. The normalized spacial score (nSPS) is 13.3. The fraction of sp³-hybridized carbons (Fsp3) is 0.182. The second-order valence-electron chi connectivity index (χ2n) is 6.95. The van der Waals surface area contributed by atoms with Crippen LogP contribution in [-0.2, 0) is 13.0 Å². The summed E-state index contributed by atoms with van der Waals surface area (Å²) in [6.07, 6.45) is 8.73. The van der Waals surface area contributed by atoms with Crippen molar-refractivity contribution in [1.82, 2.24) is 19.5 Å². The third-order valence-corrected chi connectivity index (χ3v) is 5.09. The van der Waals surface area contributed by atoms with Gasteiger partial charge < -0.3 is 9.88 Å². The molecule has 0 atom stereocenters. The maximum absolute atomic E-state index is 12.9. The van der Waals surface area contributed by atoms with Crippen LogP contribution in [-0.4, -0.2) is 25.4 Å². The SMILES string of the molecule is O=C(Nc1ccccc1-c1cn2c(n1)CCCC2)c1ccc2nccnc2c1. The number of aryl methyl sites for hydroxylation is 2. The Morgan fingerprint density at radius 2 is 1.86 bits per heavy atom. The number of amides is 1. The van der Waals surface area contributed by atoms with Gasteiger partial charge in [0.25, 0.3) is 5.91 Å². The smallest absolute Gasteiger partial charge is 0.255 e. The van der Waals surface area contributed by atoms with Gasteiger partial charge in [-0.1, -0.05) is 18.2 Å². The summed E-state index contributed by atoms with van der Waals surface area (Å²) >= 11 is 0. The van der Waals surface area contributed by atoms with Gasteiger partial charge in [0.05, 0.1) is 22.4 Å². The zero-order valence-electron chi connectivity index (χ0n) is 15.3. The second kappa shape index (κ2) is 6.88. The zero-order chi connectivity index (χ0) is 18.9. The van der Waals surface area contributed by atoms with Crippen molar-refractivity contribution >= 4 is 22.6 Å². The lowest BCUT2D eigenvalue weighted by atomic mass is 10.1. The summed E-state index contributed by atoms with van der Waals surface area (Å²) in [7, 11) is 0. The Bertz CT molecular complexity index is 1160. The second-order valence-corrected chi connectivity index (χ2v) is 6.95. The van der Waals surface area contributed by atoms with Crippen molar-refractivity contribution in [3.8, 4) is 11.3 Å². The standard InChI is InChI=1S/C22H19N5O/c28-22(15-8-9-18-19(13-15)24-11-10-23-18)26-17-6-2-1-5-16(17)20-14-27-12-4-3-7-21(27)25-20/h1-2,5-6,8-11,13-14H,3-4,7,12H2,(H,26,28). The lowest BCUT2D eigenvalue weighted by molar-refractivity contribution is 0.102. The molecule has 1 N–H and O–H groups in total. The number of imidazole rings is 1. The van der Waals surface area contributed by atoms with Crippen LogP contribution in [0.1, 0.15) is 29.0 Å².